The molecule has 1 aromatic heterocycles. The molecule has 4 N–H and O–H groups in total. The van der Waals surface area contributed by atoms with Crippen molar-refractivity contribution in [2.24, 2.45) is 0 Å². The number of aromatic nitrogens is 2. The van der Waals surface area contributed by atoms with E-state index in [0.717, 1.165) is 16.7 Å². The lowest BCUT2D eigenvalue weighted by molar-refractivity contribution is 0.0940. The van der Waals surface area contributed by atoms with E-state index >= 15 is 0 Å². The van der Waals surface area contributed by atoms with Crippen molar-refractivity contribution in [2.45, 2.75) is 19.5 Å². The highest BCUT2D eigenvalue weighted by Crippen LogP contribution is 2.26. The number of anilines is 2. The number of amides is 1. The van der Waals surface area contributed by atoms with Crippen LogP contribution in [0.5, 0.6) is 5.75 Å². The minimum Gasteiger partial charge on any atom is -0.497 e. The summed E-state index contributed by atoms with van der Waals surface area (Å²) in [5.74, 6) is 0.0723. The van der Waals surface area contributed by atoms with Crippen LogP contribution in [0.15, 0.2) is 63.0 Å². The number of carbonyl (C=O) groups is 1. The number of nitrogens with one attached hydrogen (secondary N) is 2. The van der Waals surface area contributed by atoms with Crippen LogP contribution in [0.4, 0.5) is 11.4 Å². The second-order valence-corrected chi connectivity index (χ2v) is 8.58. The van der Waals surface area contributed by atoms with Crippen LogP contribution in [0.1, 0.15) is 27.3 Å². The number of nitrogen functional groups attached to an aromatic ring is 1. The summed E-state index contributed by atoms with van der Waals surface area (Å²) in [4.78, 5) is 57.0. The summed E-state index contributed by atoms with van der Waals surface area (Å²) in [5, 5.41) is 2.77. The highest BCUT2D eigenvalue weighted by atomic mass is 16.5. The molecule has 5 rings (SSSR count). The first-order valence-electron chi connectivity index (χ1n) is 11.3. The number of fused-ring (bicyclic) bond motifs is 1. The fraction of sp³-hybridized carbons (Fsp3) is 0.192. The number of benzene rings is 2. The molecule has 0 unspecified atom stereocenters. The molecule has 0 saturated heterocycles. The normalized spacial score (nSPS) is 12.9. The minimum atomic E-state index is -0.629. The molecule has 4 aromatic rings. The van der Waals surface area contributed by atoms with Crippen LogP contribution in [-0.2, 0) is 19.5 Å². The molecule has 3 aromatic carbocycles. The molecule has 0 saturated carbocycles. The molecule has 0 spiro atoms. The van der Waals surface area contributed by atoms with Crippen LogP contribution in [-0.4, -0.2) is 29.5 Å². The van der Waals surface area contributed by atoms with Gasteiger partial charge in [-0.25, -0.2) is 4.98 Å². The Labute approximate surface area is 205 Å². The largest absolute Gasteiger partial charge is 0.497 e. The first-order valence-corrected chi connectivity index (χ1v) is 11.3. The van der Waals surface area contributed by atoms with Gasteiger partial charge in [0.15, 0.2) is 5.82 Å². The molecule has 182 valence electrons. The maximum atomic E-state index is 12.6. The summed E-state index contributed by atoms with van der Waals surface area (Å²) in [7, 11) is 1.56. The van der Waals surface area contributed by atoms with Crippen molar-refractivity contribution in [1.29, 1.82) is 0 Å². The Hall–Kier alpha value is -4.73. The Morgan fingerprint density at radius 3 is 2.58 bits per heavy atom. The molecule has 0 bridgehead atoms. The number of rotatable bonds is 6. The van der Waals surface area contributed by atoms with Gasteiger partial charge in [-0.3, -0.25) is 19.2 Å². The van der Waals surface area contributed by atoms with Crippen LogP contribution in [0.25, 0.3) is 11.1 Å². The van der Waals surface area contributed by atoms with Crippen LogP contribution >= 0.6 is 0 Å². The molecule has 1 aliphatic heterocycles. The second kappa shape index (κ2) is 9.14. The lowest BCUT2D eigenvalue weighted by Gasteiger charge is -2.32. The van der Waals surface area contributed by atoms with Crippen molar-refractivity contribution >= 4 is 17.3 Å². The lowest BCUT2D eigenvalue weighted by atomic mass is 9.96. The van der Waals surface area contributed by atoms with Gasteiger partial charge in [-0.2, -0.15) is 0 Å². The Morgan fingerprint density at radius 2 is 1.89 bits per heavy atom. The summed E-state index contributed by atoms with van der Waals surface area (Å²) in [6, 6.07) is 12.8. The van der Waals surface area contributed by atoms with E-state index in [1.807, 2.05) is 23.1 Å². The Bertz CT molecular complexity index is 1600. The van der Waals surface area contributed by atoms with Gasteiger partial charge in [0.1, 0.15) is 17.1 Å². The average molecular weight is 486 g/mol. The van der Waals surface area contributed by atoms with Gasteiger partial charge in [0, 0.05) is 25.8 Å². The number of methoxy groups -OCH3 is 1. The number of H-pyrrole nitrogens is 1. The molecule has 1 amide bonds. The van der Waals surface area contributed by atoms with Gasteiger partial charge in [0.05, 0.1) is 12.7 Å². The lowest BCUT2D eigenvalue weighted by Crippen LogP contribution is -2.44. The van der Waals surface area contributed by atoms with Crippen molar-refractivity contribution in [3.05, 3.63) is 102 Å². The minimum absolute atomic E-state index is 0.0198. The molecule has 1 aliphatic rings. The molecule has 0 radical (unpaired) electrons. The molecule has 10 heteroatoms. The van der Waals surface area contributed by atoms with Gasteiger partial charge in [-0.05, 0) is 40.8 Å². The van der Waals surface area contributed by atoms with Crippen LogP contribution in [0, 0.1) is 0 Å². The summed E-state index contributed by atoms with van der Waals surface area (Å²) in [5.41, 5.74) is 8.42. The number of carbonyl (C=O) groups excluding carboxylic acids is 1. The SMILES string of the molecule is COc1ccc(-c2cnc(C(=O)NCc3ccc4c(c3)CN(c3c(N)c(=O)c3=O)CC4)[nH]c2=O)cc1. The molecular weight excluding hydrogens is 462 g/mol. The third-order valence-electron chi connectivity index (χ3n) is 6.39. The van der Waals surface area contributed by atoms with Gasteiger partial charge in [-0.1, -0.05) is 30.3 Å². The average Bonchev–Trinajstić information content (AvgIpc) is 2.91. The number of nitrogens with zero attached hydrogens (tertiary/aromatic N) is 2. The summed E-state index contributed by atoms with van der Waals surface area (Å²) in [6.07, 6.45) is 2.09. The van der Waals surface area contributed by atoms with Gasteiger partial charge >= 0.3 is 0 Å². The van der Waals surface area contributed by atoms with Crippen LogP contribution < -0.4 is 37.1 Å². The highest BCUT2D eigenvalue weighted by Gasteiger charge is 2.26. The van der Waals surface area contributed by atoms with Crippen molar-refractivity contribution in [2.75, 3.05) is 24.3 Å². The van der Waals surface area contributed by atoms with Crippen molar-refractivity contribution in [3.63, 3.8) is 0 Å². The first kappa shape index (κ1) is 23.0. The van der Waals surface area contributed by atoms with Gasteiger partial charge in [-0.15, -0.1) is 0 Å². The molecule has 0 atom stereocenters. The van der Waals surface area contributed by atoms with Crippen molar-refractivity contribution < 1.29 is 9.53 Å². The van der Waals surface area contributed by atoms with Gasteiger partial charge < -0.3 is 25.7 Å². The smallest absolute Gasteiger partial charge is 0.287 e. The maximum absolute atomic E-state index is 12.6. The zero-order valence-electron chi connectivity index (χ0n) is 19.5. The molecule has 2 heterocycles. The number of hydrogen-bond donors (Lipinski definition) is 3. The van der Waals surface area contributed by atoms with Crippen LogP contribution in [0.2, 0.25) is 0 Å². The van der Waals surface area contributed by atoms with Gasteiger partial charge in [0.25, 0.3) is 22.3 Å². The van der Waals surface area contributed by atoms with Crippen LogP contribution in [0.3, 0.4) is 0 Å². The van der Waals surface area contributed by atoms with Gasteiger partial charge in [0.2, 0.25) is 0 Å². The highest BCUT2D eigenvalue weighted by molar-refractivity contribution is 5.90. The topological polar surface area (TPSA) is 147 Å². The number of nitrogens with two attached hydrogens (primary N) is 1. The monoisotopic (exact) mass is 485 g/mol. The predicted octanol–water partition coefficient (Wildman–Crippen LogP) is 1.12. The van der Waals surface area contributed by atoms with E-state index in [9.17, 15) is 19.2 Å². The molecule has 0 fully saturated rings. The quantitative estimate of drug-likeness (QED) is 0.344. The number of ether oxygens (including phenoxy) is 1. The second-order valence-electron chi connectivity index (χ2n) is 8.58. The third kappa shape index (κ3) is 4.13. The van der Waals surface area contributed by atoms with E-state index in [0.29, 0.717) is 36.4 Å². The zero-order chi connectivity index (χ0) is 25.4. The predicted molar refractivity (Wildman–Crippen MR) is 135 cm³/mol. The van der Waals surface area contributed by atoms with Crippen molar-refractivity contribution in [1.82, 2.24) is 15.3 Å². The fourth-order valence-corrected chi connectivity index (χ4v) is 4.37. The Kier molecular flexibility index (Phi) is 5.85. The summed E-state index contributed by atoms with van der Waals surface area (Å²) >= 11 is 0. The van der Waals surface area contributed by atoms with E-state index in [1.54, 1.807) is 31.4 Å². The molecule has 10 nitrogen and oxygen atoms in total. The van der Waals surface area contributed by atoms with E-state index in [-0.39, 0.29) is 23.7 Å². The van der Waals surface area contributed by atoms with E-state index in [1.165, 1.54) is 6.20 Å². The van der Waals surface area contributed by atoms with E-state index in [2.05, 4.69) is 15.3 Å². The van der Waals surface area contributed by atoms with E-state index < -0.39 is 22.3 Å². The molecule has 36 heavy (non-hydrogen) atoms. The summed E-state index contributed by atoms with van der Waals surface area (Å²) < 4.78 is 5.13. The third-order valence-corrected chi connectivity index (χ3v) is 6.39. The molecule has 0 aliphatic carbocycles. The van der Waals surface area contributed by atoms with E-state index in [4.69, 9.17) is 10.5 Å². The standard InChI is InChI=1S/C26H23N5O5/c1-36-18-6-4-16(5-7-18)19-12-28-24(30-25(19)34)26(35)29-11-14-2-3-15-8-9-31(13-17(15)10-14)21-20(27)22(32)23(21)33/h2-7,10,12H,8-9,11,13,27H2,1H3,(H,29,35)(H,28,30,34). The maximum Gasteiger partial charge on any atom is 0.287 e. The van der Waals surface area contributed by atoms with Crippen molar-refractivity contribution in [3.8, 4) is 16.9 Å². The fourth-order valence-electron chi connectivity index (χ4n) is 4.37. The Balaban J connectivity index is 1.26. The number of aromatic amines is 1. The zero-order valence-corrected chi connectivity index (χ0v) is 19.5. The number of hydrogen-bond acceptors (Lipinski definition) is 8. The Morgan fingerprint density at radius 1 is 1.11 bits per heavy atom. The molecular formula is C26H23N5O5. The first-order chi connectivity index (χ1) is 17.4. The summed E-state index contributed by atoms with van der Waals surface area (Å²) in [6.45, 7) is 1.27.